The lowest BCUT2D eigenvalue weighted by atomic mass is 9.71. The van der Waals surface area contributed by atoms with E-state index in [-0.39, 0.29) is 17.8 Å². The average Bonchev–Trinajstić information content (AvgIpc) is 2.36. The van der Waals surface area contributed by atoms with Crippen LogP contribution in [0.5, 0.6) is 0 Å². The van der Waals surface area contributed by atoms with Gasteiger partial charge in [-0.2, -0.15) is 0 Å². The highest BCUT2D eigenvalue weighted by Gasteiger charge is 2.34. The number of benzene rings is 1. The summed E-state index contributed by atoms with van der Waals surface area (Å²) >= 11 is 0. The van der Waals surface area contributed by atoms with Crippen LogP contribution in [-0.4, -0.2) is 29.7 Å². The summed E-state index contributed by atoms with van der Waals surface area (Å²) in [5.74, 6) is 0.138. The second-order valence-electron chi connectivity index (χ2n) is 7.02. The van der Waals surface area contributed by atoms with Crippen LogP contribution in [0.25, 0.3) is 0 Å². The van der Waals surface area contributed by atoms with Gasteiger partial charge in [0.25, 0.3) is 0 Å². The third-order valence-corrected chi connectivity index (χ3v) is 4.42. The molecule has 2 unspecified atom stereocenters. The molecule has 0 spiro atoms. The highest BCUT2D eigenvalue weighted by atomic mass is 19.1. The standard InChI is InChI=1S/C17H26FNO/c1-17(2)9-8-16(20)14(10-17)12-19(3)11-13-6-4-5-7-15(13)18/h4-7,14,16,20H,8-12H2,1-3H3. The number of hydrogen-bond donors (Lipinski definition) is 1. The number of aliphatic hydroxyl groups is 1. The summed E-state index contributed by atoms with van der Waals surface area (Å²) in [7, 11) is 2.00. The molecular formula is C17H26FNO. The van der Waals surface area contributed by atoms with Gasteiger partial charge < -0.3 is 10.0 Å². The van der Waals surface area contributed by atoms with Crippen LogP contribution in [-0.2, 0) is 6.54 Å². The maximum atomic E-state index is 13.7. The van der Waals surface area contributed by atoms with Gasteiger partial charge in [-0.3, -0.25) is 0 Å². The van der Waals surface area contributed by atoms with Crippen LogP contribution in [0, 0.1) is 17.2 Å². The minimum atomic E-state index is -0.217. The Kier molecular flexibility index (Phi) is 4.82. The van der Waals surface area contributed by atoms with Crippen LogP contribution in [0.2, 0.25) is 0 Å². The topological polar surface area (TPSA) is 23.5 Å². The Hall–Kier alpha value is -0.930. The molecule has 0 aliphatic heterocycles. The van der Waals surface area contributed by atoms with Gasteiger partial charge in [0.1, 0.15) is 5.82 Å². The molecule has 0 aromatic heterocycles. The fourth-order valence-corrected chi connectivity index (χ4v) is 3.29. The zero-order chi connectivity index (χ0) is 14.8. The predicted octanol–water partition coefficient (Wildman–Crippen LogP) is 3.44. The lowest BCUT2D eigenvalue weighted by Gasteiger charge is -2.40. The molecular weight excluding hydrogens is 253 g/mol. The molecule has 3 heteroatoms. The van der Waals surface area contributed by atoms with Crippen molar-refractivity contribution in [2.45, 2.75) is 45.8 Å². The Balaban J connectivity index is 1.94. The molecule has 1 N–H and O–H groups in total. The first kappa shape index (κ1) is 15.5. The Labute approximate surface area is 121 Å². The second-order valence-corrected chi connectivity index (χ2v) is 7.02. The molecule has 2 nitrogen and oxygen atoms in total. The summed E-state index contributed by atoms with van der Waals surface area (Å²) < 4.78 is 13.7. The molecule has 2 atom stereocenters. The molecule has 2 rings (SSSR count). The third-order valence-electron chi connectivity index (χ3n) is 4.42. The van der Waals surface area contributed by atoms with Crippen molar-refractivity contribution in [3.8, 4) is 0 Å². The van der Waals surface area contributed by atoms with Crippen molar-refractivity contribution in [1.29, 1.82) is 0 Å². The number of hydrogen-bond acceptors (Lipinski definition) is 2. The molecule has 1 fully saturated rings. The first-order valence-corrected chi connectivity index (χ1v) is 7.47. The van der Waals surface area contributed by atoms with Gasteiger partial charge >= 0.3 is 0 Å². The van der Waals surface area contributed by atoms with Gasteiger partial charge in [0.15, 0.2) is 0 Å². The van der Waals surface area contributed by atoms with Crippen molar-refractivity contribution in [3.63, 3.8) is 0 Å². The monoisotopic (exact) mass is 279 g/mol. The van der Waals surface area contributed by atoms with Gasteiger partial charge in [-0.15, -0.1) is 0 Å². The molecule has 1 aliphatic rings. The van der Waals surface area contributed by atoms with Crippen molar-refractivity contribution in [2.24, 2.45) is 11.3 Å². The Morgan fingerprint density at radius 1 is 1.35 bits per heavy atom. The second kappa shape index (κ2) is 6.23. The minimum Gasteiger partial charge on any atom is -0.393 e. The lowest BCUT2D eigenvalue weighted by Crippen LogP contribution is -2.39. The van der Waals surface area contributed by atoms with Crippen LogP contribution in [0.3, 0.4) is 0 Å². The maximum Gasteiger partial charge on any atom is 0.127 e. The molecule has 1 aromatic carbocycles. The van der Waals surface area contributed by atoms with E-state index in [1.54, 1.807) is 6.07 Å². The molecule has 20 heavy (non-hydrogen) atoms. The maximum absolute atomic E-state index is 13.7. The fourth-order valence-electron chi connectivity index (χ4n) is 3.29. The normalized spacial score (nSPS) is 25.9. The quantitative estimate of drug-likeness (QED) is 0.912. The van der Waals surface area contributed by atoms with E-state index in [1.165, 1.54) is 6.07 Å². The molecule has 0 bridgehead atoms. The highest BCUT2D eigenvalue weighted by Crippen LogP contribution is 2.39. The van der Waals surface area contributed by atoms with Gasteiger partial charge in [0.2, 0.25) is 0 Å². The van der Waals surface area contributed by atoms with E-state index in [0.717, 1.165) is 31.4 Å². The Morgan fingerprint density at radius 2 is 2.05 bits per heavy atom. The summed E-state index contributed by atoms with van der Waals surface area (Å²) in [5, 5.41) is 10.2. The van der Waals surface area contributed by atoms with Crippen LogP contribution in [0.1, 0.15) is 38.7 Å². The lowest BCUT2D eigenvalue weighted by molar-refractivity contribution is 0.00663. The molecule has 0 saturated heterocycles. The van der Waals surface area contributed by atoms with Crippen molar-refractivity contribution in [1.82, 2.24) is 4.90 Å². The number of halogens is 1. The Bertz CT molecular complexity index is 446. The molecule has 1 saturated carbocycles. The minimum absolute atomic E-state index is 0.149. The zero-order valence-electron chi connectivity index (χ0n) is 12.8. The van der Waals surface area contributed by atoms with Gasteiger partial charge in [-0.25, -0.2) is 4.39 Å². The van der Waals surface area contributed by atoms with Crippen LogP contribution < -0.4 is 0 Å². The van der Waals surface area contributed by atoms with Gasteiger partial charge in [0, 0.05) is 18.7 Å². The van der Waals surface area contributed by atoms with E-state index < -0.39 is 0 Å². The van der Waals surface area contributed by atoms with Crippen molar-refractivity contribution < 1.29 is 9.50 Å². The van der Waals surface area contributed by atoms with E-state index in [9.17, 15) is 9.50 Å². The fraction of sp³-hybridized carbons (Fsp3) is 0.647. The van der Waals surface area contributed by atoms with Crippen LogP contribution in [0.15, 0.2) is 24.3 Å². The van der Waals surface area contributed by atoms with Gasteiger partial charge in [-0.1, -0.05) is 32.0 Å². The average molecular weight is 279 g/mol. The van der Waals surface area contributed by atoms with Crippen molar-refractivity contribution >= 4 is 0 Å². The van der Waals surface area contributed by atoms with E-state index in [0.29, 0.717) is 12.0 Å². The van der Waals surface area contributed by atoms with E-state index in [4.69, 9.17) is 0 Å². The molecule has 1 aliphatic carbocycles. The van der Waals surface area contributed by atoms with E-state index >= 15 is 0 Å². The number of rotatable bonds is 4. The van der Waals surface area contributed by atoms with Gasteiger partial charge in [-0.05, 0) is 43.7 Å². The molecule has 0 amide bonds. The van der Waals surface area contributed by atoms with E-state index in [2.05, 4.69) is 18.7 Å². The molecule has 0 radical (unpaired) electrons. The van der Waals surface area contributed by atoms with Crippen LogP contribution in [0.4, 0.5) is 4.39 Å². The SMILES string of the molecule is CN(Cc1ccccc1F)CC1CC(C)(C)CCC1O. The first-order chi connectivity index (χ1) is 9.37. The summed E-state index contributed by atoms with van der Waals surface area (Å²) in [6.45, 7) is 5.95. The van der Waals surface area contributed by atoms with E-state index in [1.807, 2.05) is 19.2 Å². The molecule has 112 valence electrons. The van der Waals surface area contributed by atoms with Crippen LogP contribution >= 0.6 is 0 Å². The summed E-state index contributed by atoms with van der Waals surface area (Å²) in [6.07, 6.45) is 2.79. The summed E-state index contributed by atoms with van der Waals surface area (Å²) in [5.41, 5.74) is 1.03. The van der Waals surface area contributed by atoms with Crippen molar-refractivity contribution in [2.75, 3.05) is 13.6 Å². The first-order valence-electron chi connectivity index (χ1n) is 7.47. The highest BCUT2D eigenvalue weighted by molar-refractivity contribution is 5.17. The van der Waals surface area contributed by atoms with Crippen molar-refractivity contribution in [3.05, 3.63) is 35.6 Å². The molecule has 1 aromatic rings. The van der Waals surface area contributed by atoms with Gasteiger partial charge in [0.05, 0.1) is 6.10 Å². The predicted molar refractivity (Wildman–Crippen MR) is 79.9 cm³/mol. The number of nitrogens with zero attached hydrogens (tertiary/aromatic N) is 1. The largest absolute Gasteiger partial charge is 0.393 e. The summed E-state index contributed by atoms with van der Waals surface area (Å²) in [6, 6.07) is 6.91. The smallest absolute Gasteiger partial charge is 0.127 e. The number of aliphatic hydroxyl groups excluding tert-OH is 1. The zero-order valence-corrected chi connectivity index (χ0v) is 12.8. The Morgan fingerprint density at radius 3 is 2.75 bits per heavy atom. The molecule has 0 heterocycles. The third kappa shape index (κ3) is 4.03. The summed E-state index contributed by atoms with van der Waals surface area (Å²) in [4.78, 5) is 2.12.